The van der Waals surface area contributed by atoms with E-state index in [-0.39, 0.29) is 5.91 Å². The summed E-state index contributed by atoms with van der Waals surface area (Å²) < 4.78 is 10.3. The zero-order valence-electron chi connectivity index (χ0n) is 12.0. The van der Waals surface area contributed by atoms with Gasteiger partial charge in [0.25, 0.3) is 0 Å². The number of nitrogens with one attached hydrogen (secondary N) is 1. The van der Waals surface area contributed by atoms with Gasteiger partial charge in [-0.2, -0.15) is 0 Å². The van der Waals surface area contributed by atoms with Crippen LogP contribution in [0.2, 0.25) is 0 Å². The molecule has 0 fully saturated rings. The van der Waals surface area contributed by atoms with E-state index in [2.05, 4.69) is 10.3 Å². The summed E-state index contributed by atoms with van der Waals surface area (Å²) >= 11 is 1.54. The number of carbonyl (C=O) groups is 1. The quantitative estimate of drug-likeness (QED) is 0.862. The Labute approximate surface area is 127 Å². The van der Waals surface area contributed by atoms with Gasteiger partial charge in [0.15, 0.2) is 0 Å². The topological polar surface area (TPSA) is 60.5 Å². The van der Waals surface area contributed by atoms with Gasteiger partial charge in [0.05, 0.1) is 30.6 Å². The van der Waals surface area contributed by atoms with E-state index < -0.39 is 0 Å². The number of nitrogens with zero attached hydrogens (tertiary/aromatic N) is 1. The summed E-state index contributed by atoms with van der Waals surface area (Å²) in [6.07, 6.45) is 3.11. The van der Waals surface area contributed by atoms with Gasteiger partial charge in [-0.3, -0.25) is 4.79 Å². The number of hydrogen-bond acceptors (Lipinski definition) is 5. The zero-order valence-corrected chi connectivity index (χ0v) is 12.9. The Bertz CT molecular complexity index is 665. The van der Waals surface area contributed by atoms with E-state index in [1.807, 2.05) is 12.3 Å². The Balaban J connectivity index is 2.10. The van der Waals surface area contributed by atoms with E-state index in [1.54, 1.807) is 49.8 Å². The molecule has 2 aromatic rings. The smallest absolute Gasteiger partial charge is 0.248 e. The lowest BCUT2D eigenvalue weighted by Crippen LogP contribution is -2.09. The number of carbonyl (C=O) groups excluding carboxylic acids is 1. The number of methoxy groups -OCH3 is 2. The van der Waals surface area contributed by atoms with Crippen LogP contribution < -0.4 is 14.8 Å². The van der Waals surface area contributed by atoms with Crippen molar-refractivity contribution in [3.05, 3.63) is 40.4 Å². The number of hydrogen-bond donors (Lipinski definition) is 1. The van der Waals surface area contributed by atoms with E-state index in [4.69, 9.17) is 9.47 Å². The van der Waals surface area contributed by atoms with Gasteiger partial charge in [-0.25, -0.2) is 4.98 Å². The van der Waals surface area contributed by atoms with Crippen LogP contribution in [0.1, 0.15) is 10.7 Å². The molecule has 1 amide bonds. The largest absolute Gasteiger partial charge is 0.497 e. The first kappa shape index (κ1) is 15.1. The molecule has 1 heterocycles. The molecule has 0 radical (unpaired) electrons. The van der Waals surface area contributed by atoms with Crippen LogP contribution in [0.5, 0.6) is 11.5 Å². The summed E-state index contributed by atoms with van der Waals surface area (Å²) in [7, 11) is 3.11. The molecule has 1 aromatic heterocycles. The fourth-order valence-electron chi connectivity index (χ4n) is 1.70. The number of ether oxygens (including phenoxy) is 2. The number of aromatic nitrogens is 1. The molecule has 0 bridgehead atoms. The van der Waals surface area contributed by atoms with Gasteiger partial charge in [-0.05, 0) is 25.1 Å². The van der Waals surface area contributed by atoms with Crippen LogP contribution >= 0.6 is 11.3 Å². The molecule has 0 atom stereocenters. The molecule has 6 heteroatoms. The number of amides is 1. The van der Waals surface area contributed by atoms with Gasteiger partial charge in [-0.15, -0.1) is 11.3 Å². The summed E-state index contributed by atoms with van der Waals surface area (Å²) in [4.78, 5) is 16.2. The van der Waals surface area contributed by atoms with Crippen molar-refractivity contribution in [1.29, 1.82) is 0 Å². The Morgan fingerprint density at radius 3 is 2.76 bits per heavy atom. The van der Waals surface area contributed by atoms with Gasteiger partial charge in [0.1, 0.15) is 11.5 Å². The van der Waals surface area contributed by atoms with Crippen molar-refractivity contribution >= 4 is 29.0 Å². The maximum absolute atomic E-state index is 11.9. The standard InChI is InChI=1S/C15H16N2O3S/c1-10-16-11(9-21-10)4-7-15(18)17-13-8-12(19-2)5-6-14(13)20-3/h4-9H,1-3H3,(H,17,18)/b7-4+. The minimum absolute atomic E-state index is 0.257. The predicted octanol–water partition coefficient (Wildman–Crippen LogP) is 3.12. The van der Waals surface area contributed by atoms with Crippen LogP contribution in [0.25, 0.3) is 6.08 Å². The second-order valence-electron chi connectivity index (χ2n) is 4.18. The number of rotatable bonds is 5. The SMILES string of the molecule is COc1ccc(OC)c(NC(=O)/C=C/c2csc(C)n2)c1. The molecule has 1 aromatic carbocycles. The van der Waals surface area contributed by atoms with Crippen molar-refractivity contribution in [3.63, 3.8) is 0 Å². The molecule has 0 saturated carbocycles. The molecule has 110 valence electrons. The molecule has 0 saturated heterocycles. The minimum atomic E-state index is -0.257. The first-order chi connectivity index (χ1) is 10.1. The third-order valence-electron chi connectivity index (χ3n) is 2.71. The monoisotopic (exact) mass is 304 g/mol. The highest BCUT2D eigenvalue weighted by Crippen LogP contribution is 2.28. The van der Waals surface area contributed by atoms with Crippen LogP contribution in [0.4, 0.5) is 5.69 Å². The summed E-state index contributed by atoms with van der Waals surface area (Å²) in [5.74, 6) is 0.958. The molecular formula is C15H16N2O3S. The Morgan fingerprint density at radius 2 is 2.14 bits per heavy atom. The Morgan fingerprint density at radius 1 is 1.33 bits per heavy atom. The predicted molar refractivity (Wildman–Crippen MR) is 84.1 cm³/mol. The molecule has 0 aliphatic heterocycles. The summed E-state index contributed by atoms with van der Waals surface area (Å²) in [5.41, 5.74) is 1.33. The van der Waals surface area contributed by atoms with E-state index in [0.717, 1.165) is 10.7 Å². The number of thiazole rings is 1. The number of benzene rings is 1. The second kappa shape index (κ2) is 6.90. The van der Waals surface area contributed by atoms with Crippen LogP contribution in [0.3, 0.4) is 0 Å². The van der Waals surface area contributed by atoms with Crippen molar-refractivity contribution in [3.8, 4) is 11.5 Å². The highest BCUT2D eigenvalue weighted by atomic mass is 32.1. The summed E-state index contributed by atoms with van der Waals surface area (Å²) in [6.45, 7) is 1.92. The van der Waals surface area contributed by atoms with Crippen LogP contribution in [-0.2, 0) is 4.79 Å². The molecule has 2 rings (SSSR count). The number of anilines is 1. The molecule has 0 aliphatic carbocycles. The van der Waals surface area contributed by atoms with Gasteiger partial charge in [-0.1, -0.05) is 0 Å². The molecule has 0 spiro atoms. The first-order valence-electron chi connectivity index (χ1n) is 6.25. The summed E-state index contributed by atoms with van der Waals surface area (Å²) in [6, 6.07) is 5.21. The first-order valence-corrected chi connectivity index (χ1v) is 7.13. The summed E-state index contributed by atoms with van der Waals surface area (Å²) in [5, 5.41) is 5.61. The highest BCUT2D eigenvalue weighted by molar-refractivity contribution is 7.09. The highest BCUT2D eigenvalue weighted by Gasteiger charge is 2.07. The van der Waals surface area contributed by atoms with Gasteiger partial charge >= 0.3 is 0 Å². The molecule has 1 N–H and O–H groups in total. The maximum atomic E-state index is 11.9. The maximum Gasteiger partial charge on any atom is 0.248 e. The Kier molecular flexibility index (Phi) is 4.94. The Hall–Kier alpha value is -2.34. The fraction of sp³-hybridized carbons (Fsp3) is 0.200. The average molecular weight is 304 g/mol. The second-order valence-corrected chi connectivity index (χ2v) is 5.24. The van der Waals surface area contributed by atoms with E-state index in [0.29, 0.717) is 17.2 Å². The zero-order chi connectivity index (χ0) is 15.2. The fourth-order valence-corrected chi connectivity index (χ4v) is 2.28. The molecule has 21 heavy (non-hydrogen) atoms. The lowest BCUT2D eigenvalue weighted by Gasteiger charge is -2.10. The lowest BCUT2D eigenvalue weighted by molar-refractivity contribution is -0.111. The number of aryl methyl sites for hydroxylation is 1. The van der Waals surface area contributed by atoms with Gasteiger partial charge in [0.2, 0.25) is 5.91 Å². The van der Waals surface area contributed by atoms with Crippen molar-refractivity contribution < 1.29 is 14.3 Å². The molecule has 0 unspecified atom stereocenters. The van der Waals surface area contributed by atoms with Crippen LogP contribution in [0, 0.1) is 6.92 Å². The molecule has 0 aliphatic rings. The van der Waals surface area contributed by atoms with Crippen molar-refractivity contribution in [2.24, 2.45) is 0 Å². The normalized spacial score (nSPS) is 10.6. The van der Waals surface area contributed by atoms with E-state index in [1.165, 1.54) is 6.08 Å². The molecular weight excluding hydrogens is 288 g/mol. The molecule has 5 nitrogen and oxygen atoms in total. The average Bonchev–Trinajstić information content (AvgIpc) is 2.90. The van der Waals surface area contributed by atoms with E-state index in [9.17, 15) is 4.79 Å². The minimum Gasteiger partial charge on any atom is -0.497 e. The van der Waals surface area contributed by atoms with Gasteiger partial charge < -0.3 is 14.8 Å². The van der Waals surface area contributed by atoms with Crippen molar-refractivity contribution in [1.82, 2.24) is 4.98 Å². The van der Waals surface area contributed by atoms with Crippen molar-refractivity contribution in [2.75, 3.05) is 19.5 Å². The van der Waals surface area contributed by atoms with Crippen molar-refractivity contribution in [2.45, 2.75) is 6.92 Å². The third kappa shape index (κ3) is 4.06. The lowest BCUT2D eigenvalue weighted by atomic mass is 10.2. The van der Waals surface area contributed by atoms with Crippen LogP contribution in [0.15, 0.2) is 29.7 Å². The third-order valence-corrected chi connectivity index (χ3v) is 3.50. The van der Waals surface area contributed by atoms with Crippen LogP contribution in [-0.4, -0.2) is 25.1 Å². The van der Waals surface area contributed by atoms with Gasteiger partial charge in [0, 0.05) is 17.5 Å². The van der Waals surface area contributed by atoms with E-state index >= 15 is 0 Å².